The Bertz CT molecular complexity index is 396. The first-order valence-electron chi connectivity index (χ1n) is 7.57. The number of hydrogen-bond donors (Lipinski definition) is 0. The molecule has 0 N–H and O–H groups in total. The molecule has 3 atom stereocenters. The first kappa shape index (κ1) is 13.5. The van der Waals surface area contributed by atoms with Crippen molar-refractivity contribution in [2.75, 3.05) is 6.61 Å². The summed E-state index contributed by atoms with van der Waals surface area (Å²) in [5.41, 5.74) is 1.51. The van der Waals surface area contributed by atoms with Crippen molar-refractivity contribution in [3.8, 4) is 0 Å². The zero-order valence-electron chi connectivity index (χ0n) is 12.0. The molecule has 0 radical (unpaired) electrons. The summed E-state index contributed by atoms with van der Waals surface area (Å²) in [6, 6.07) is 8.78. The number of fused-ring (bicyclic) bond motifs is 1. The lowest BCUT2D eigenvalue weighted by molar-refractivity contribution is 0.00213. The van der Waals surface area contributed by atoms with Gasteiger partial charge in [0.25, 0.3) is 0 Å². The van der Waals surface area contributed by atoms with Crippen molar-refractivity contribution in [3.63, 3.8) is 0 Å². The molecule has 1 aliphatic carbocycles. The summed E-state index contributed by atoms with van der Waals surface area (Å²) in [6.07, 6.45) is 5.58. The largest absolute Gasteiger partial charge is 0.377 e. The lowest BCUT2D eigenvalue weighted by Crippen LogP contribution is -2.28. The Morgan fingerprint density at radius 1 is 1.11 bits per heavy atom. The molecule has 1 aromatic carbocycles. The molecule has 19 heavy (non-hydrogen) atoms. The highest BCUT2D eigenvalue weighted by Crippen LogP contribution is 2.37. The van der Waals surface area contributed by atoms with Crippen molar-refractivity contribution < 1.29 is 4.74 Å². The van der Waals surface area contributed by atoms with Gasteiger partial charge in [0.1, 0.15) is 0 Å². The second kappa shape index (κ2) is 5.88. The van der Waals surface area contributed by atoms with Crippen LogP contribution in [-0.2, 0) is 11.2 Å². The van der Waals surface area contributed by atoms with E-state index >= 15 is 0 Å². The third kappa shape index (κ3) is 3.35. The van der Waals surface area contributed by atoms with Crippen molar-refractivity contribution in [1.29, 1.82) is 0 Å². The standard InChI is InChI=1S/C17H24OS/c1-12-7-13(2)9-15(8-12)18-11-16-10-14-5-3-4-6-17(14)19-16/h3-6,12-13,15-16H,7-11H2,1-2H3. The van der Waals surface area contributed by atoms with E-state index in [2.05, 4.69) is 38.1 Å². The highest BCUT2D eigenvalue weighted by Gasteiger charge is 2.27. The minimum atomic E-state index is 0.503. The summed E-state index contributed by atoms with van der Waals surface area (Å²) >= 11 is 2.00. The van der Waals surface area contributed by atoms with Gasteiger partial charge in [-0.05, 0) is 49.1 Å². The van der Waals surface area contributed by atoms with Crippen molar-refractivity contribution >= 4 is 11.8 Å². The zero-order valence-corrected chi connectivity index (χ0v) is 12.8. The molecule has 1 aliphatic heterocycles. The molecule has 2 heteroatoms. The van der Waals surface area contributed by atoms with Gasteiger partial charge in [-0.3, -0.25) is 0 Å². The molecule has 1 aromatic rings. The fraction of sp³-hybridized carbons (Fsp3) is 0.647. The minimum Gasteiger partial charge on any atom is -0.377 e. The maximum absolute atomic E-state index is 6.22. The van der Waals surface area contributed by atoms with Gasteiger partial charge in [-0.25, -0.2) is 0 Å². The Hall–Kier alpha value is -0.470. The Kier molecular flexibility index (Phi) is 4.18. The molecule has 0 bridgehead atoms. The third-order valence-corrected chi connectivity index (χ3v) is 5.66. The lowest BCUT2D eigenvalue weighted by atomic mass is 9.82. The van der Waals surface area contributed by atoms with E-state index in [9.17, 15) is 0 Å². The summed E-state index contributed by atoms with van der Waals surface area (Å²) in [5, 5.41) is 0.630. The van der Waals surface area contributed by atoms with Gasteiger partial charge in [0, 0.05) is 10.1 Å². The monoisotopic (exact) mass is 276 g/mol. The fourth-order valence-corrected chi connectivity index (χ4v) is 4.83. The first-order valence-corrected chi connectivity index (χ1v) is 8.45. The van der Waals surface area contributed by atoms with Crippen molar-refractivity contribution in [2.24, 2.45) is 11.8 Å². The van der Waals surface area contributed by atoms with Gasteiger partial charge in [0.2, 0.25) is 0 Å². The van der Waals surface area contributed by atoms with Crippen molar-refractivity contribution in [1.82, 2.24) is 0 Å². The maximum Gasteiger partial charge on any atom is 0.0595 e. The molecule has 3 rings (SSSR count). The molecule has 1 nitrogen and oxygen atoms in total. The Morgan fingerprint density at radius 2 is 1.84 bits per heavy atom. The van der Waals surface area contributed by atoms with Crippen LogP contribution >= 0.6 is 11.8 Å². The SMILES string of the molecule is CC1CC(C)CC(OCC2Cc3ccccc3S2)C1. The zero-order chi connectivity index (χ0) is 13.2. The van der Waals surface area contributed by atoms with Crippen molar-refractivity contribution in [2.45, 2.75) is 55.8 Å². The van der Waals surface area contributed by atoms with Crippen LogP contribution in [0.5, 0.6) is 0 Å². The Morgan fingerprint density at radius 3 is 2.58 bits per heavy atom. The van der Waals surface area contributed by atoms with E-state index in [1.165, 1.54) is 36.1 Å². The van der Waals surface area contributed by atoms with Crippen LogP contribution in [0.15, 0.2) is 29.2 Å². The first-order chi connectivity index (χ1) is 9.20. The molecule has 2 aliphatic rings. The fourth-order valence-electron chi connectivity index (χ4n) is 3.60. The Balaban J connectivity index is 1.49. The summed E-state index contributed by atoms with van der Waals surface area (Å²) < 4.78 is 6.22. The van der Waals surface area contributed by atoms with E-state index < -0.39 is 0 Å². The van der Waals surface area contributed by atoms with Gasteiger partial charge in [-0.1, -0.05) is 32.0 Å². The summed E-state index contributed by atoms with van der Waals surface area (Å²) in [5.74, 6) is 1.67. The topological polar surface area (TPSA) is 9.23 Å². The van der Waals surface area contributed by atoms with Crippen LogP contribution < -0.4 is 0 Å². The molecular formula is C17H24OS. The normalized spacial score (nSPS) is 34.2. The molecular weight excluding hydrogens is 252 g/mol. The smallest absolute Gasteiger partial charge is 0.0595 e. The van der Waals surface area contributed by atoms with Crippen LogP contribution in [0.1, 0.15) is 38.7 Å². The third-order valence-electron chi connectivity index (χ3n) is 4.37. The average molecular weight is 276 g/mol. The van der Waals surface area contributed by atoms with E-state index in [-0.39, 0.29) is 0 Å². The number of ether oxygens (including phenoxy) is 1. The predicted molar refractivity (Wildman–Crippen MR) is 81.7 cm³/mol. The van der Waals surface area contributed by atoms with E-state index in [0.717, 1.165) is 18.4 Å². The molecule has 3 unspecified atom stereocenters. The molecule has 104 valence electrons. The van der Waals surface area contributed by atoms with E-state index in [1.807, 2.05) is 11.8 Å². The van der Waals surface area contributed by atoms with Crippen LogP contribution in [0.3, 0.4) is 0 Å². The molecule has 0 amide bonds. The van der Waals surface area contributed by atoms with Crippen molar-refractivity contribution in [3.05, 3.63) is 29.8 Å². The molecule has 1 heterocycles. The van der Waals surface area contributed by atoms with Gasteiger partial charge >= 0.3 is 0 Å². The lowest BCUT2D eigenvalue weighted by Gasteiger charge is -2.31. The highest BCUT2D eigenvalue weighted by atomic mass is 32.2. The maximum atomic E-state index is 6.22. The van der Waals surface area contributed by atoms with Crippen LogP contribution in [0.4, 0.5) is 0 Å². The predicted octanol–water partition coefficient (Wildman–Crippen LogP) is 4.54. The highest BCUT2D eigenvalue weighted by molar-refractivity contribution is 8.00. The number of thioether (sulfide) groups is 1. The average Bonchev–Trinajstić information content (AvgIpc) is 2.78. The molecule has 1 fully saturated rings. The molecule has 1 saturated carbocycles. The number of rotatable bonds is 3. The quantitative estimate of drug-likeness (QED) is 0.801. The van der Waals surface area contributed by atoms with Gasteiger partial charge in [-0.2, -0.15) is 0 Å². The van der Waals surface area contributed by atoms with Crippen LogP contribution in [0.25, 0.3) is 0 Å². The minimum absolute atomic E-state index is 0.503. The summed E-state index contributed by atoms with van der Waals surface area (Å²) in [4.78, 5) is 1.46. The molecule has 0 aromatic heterocycles. The molecule has 0 spiro atoms. The molecule has 0 saturated heterocycles. The van der Waals surface area contributed by atoms with E-state index in [1.54, 1.807) is 0 Å². The second-order valence-corrected chi connectivity index (χ2v) is 7.77. The summed E-state index contributed by atoms with van der Waals surface area (Å²) in [6.45, 7) is 5.65. The van der Waals surface area contributed by atoms with E-state index in [4.69, 9.17) is 4.74 Å². The summed E-state index contributed by atoms with van der Waals surface area (Å²) in [7, 11) is 0. The van der Waals surface area contributed by atoms with Crippen LogP contribution in [-0.4, -0.2) is 18.0 Å². The van der Waals surface area contributed by atoms with E-state index in [0.29, 0.717) is 11.4 Å². The van der Waals surface area contributed by atoms with Crippen LogP contribution in [0.2, 0.25) is 0 Å². The number of benzene rings is 1. The Labute approximate surface area is 121 Å². The van der Waals surface area contributed by atoms with Gasteiger partial charge < -0.3 is 4.74 Å². The van der Waals surface area contributed by atoms with Gasteiger partial charge in [0.05, 0.1) is 12.7 Å². The second-order valence-electron chi connectivity index (χ2n) is 6.42. The van der Waals surface area contributed by atoms with Crippen LogP contribution in [0, 0.1) is 11.8 Å². The van der Waals surface area contributed by atoms with Gasteiger partial charge in [0.15, 0.2) is 0 Å². The van der Waals surface area contributed by atoms with Gasteiger partial charge in [-0.15, -0.1) is 11.8 Å². The number of hydrogen-bond acceptors (Lipinski definition) is 2.